The van der Waals surface area contributed by atoms with E-state index < -0.39 is 22.4 Å². The standard InChI is InChI=1S/C12H19N3O4S/c1-9(2)19-12(16)14-20(17,18)15(3)8-10-5-4-6-11(13)7-10/h4-7,9H,8,13H2,1-3H3,(H,14,16). The summed E-state index contributed by atoms with van der Waals surface area (Å²) in [5, 5.41) is 0. The molecule has 1 amide bonds. The van der Waals surface area contributed by atoms with E-state index in [1.165, 1.54) is 7.05 Å². The molecule has 1 rings (SSSR count). The molecule has 20 heavy (non-hydrogen) atoms. The Balaban J connectivity index is 2.70. The van der Waals surface area contributed by atoms with Crippen LogP contribution < -0.4 is 10.5 Å². The molecule has 0 aliphatic rings. The van der Waals surface area contributed by atoms with Crippen LogP contribution in [0.2, 0.25) is 0 Å². The van der Waals surface area contributed by atoms with Crippen molar-refractivity contribution in [1.82, 2.24) is 9.03 Å². The Kier molecular flexibility index (Phi) is 5.34. The van der Waals surface area contributed by atoms with Crippen LogP contribution >= 0.6 is 0 Å². The number of benzene rings is 1. The number of nitrogens with one attached hydrogen (secondary N) is 1. The number of amides is 1. The molecule has 0 saturated heterocycles. The van der Waals surface area contributed by atoms with E-state index in [0.29, 0.717) is 5.69 Å². The molecule has 0 bridgehead atoms. The van der Waals surface area contributed by atoms with Gasteiger partial charge >= 0.3 is 16.3 Å². The Morgan fingerprint density at radius 1 is 1.45 bits per heavy atom. The van der Waals surface area contributed by atoms with E-state index in [0.717, 1.165) is 9.87 Å². The molecule has 0 unspecified atom stereocenters. The SMILES string of the molecule is CC(C)OC(=O)NS(=O)(=O)N(C)Cc1cccc(N)c1. The second-order valence-corrected chi connectivity index (χ2v) is 6.34. The fourth-order valence-electron chi connectivity index (χ4n) is 1.45. The summed E-state index contributed by atoms with van der Waals surface area (Å²) >= 11 is 0. The zero-order valence-corrected chi connectivity index (χ0v) is 12.5. The smallest absolute Gasteiger partial charge is 0.422 e. The first-order valence-electron chi connectivity index (χ1n) is 6.00. The van der Waals surface area contributed by atoms with Crippen molar-refractivity contribution >= 4 is 22.0 Å². The van der Waals surface area contributed by atoms with E-state index in [4.69, 9.17) is 10.5 Å². The van der Waals surface area contributed by atoms with Crippen LogP contribution in [0.25, 0.3) is 0 Å². The molecule has 0 aliphatic carbocycles. The molecule has 0 radical (unpaired) electrons. The van der Waals surface area contributed by atoms with Gasteiger partial charge in [-0.1, -0.05) is 12.1 Å². The normalized spacial score (nSPS) is 11.7. The predicted octanol–water partition coefficient (Wildman–Crippen LogP) is 1.08. The van der Waals surface area contributed by atoms with Crippen LogP contribution in [0.15, 0.2) is 24.3 Å². The van der Waals surface area contributed by atoms with Crippen LogP contribution in [-0.4, -0.2) is 32.0 Å². The first-order chi connectivity index (χ1) is 9.20. The summed E-state index contributed by atoms with van der Waals surface area (Å²) in [6.07, 6.45) is -1.40. The molecule has 0 spiro atoms. The maximum absolute atomic E-state index is 11.9. The number of nitrogens with two attached hydrogens (primary N) is 1. The lowest BCUT2D eigenvalue weighted by atomic mass is 10.2. The number of carbonyl (C=O) groups is 1. The molecule has 3 N–H and O–H groups in total. The van der Waals surface area contributed by atoms with E-state index >= 15 is 0 Å². The molecule has 0 atom stereocenters. The summed E-state index contributed by atoms with van der Waals surface area (Å²) in [6, 6.07) is 6.84. The molecular formula is C12H19N3O4S. The van der Waals surface area contributed by atoms with Crippen molar-refractivity contribution in [2.24, 2.45) is 0 Å². The quantitative estimate of drug-likeness (QED) is 0.792. The minimum atomic E-state index is -3.95. The van der Waals surface area contributed by atoms with Crippen molar-refractivity contribution in [3.63, 3.8) is 0 Å². The van der Waals surface area contributed by atoms with E-state index in [2.05, 4.69) is 0 Å². The maximum atomic E-state index is 11.9. The van der Waals surface area contributed by atoms with E-state index in [9.17, 15) is 13.2 Å². The highest BCUT2D eigenvalue weighted by Crippen LogP contribution is 2.10. The third-order valence-corrected chi connectivity index (χ3v) is 3.70. The number of carbonyl (C=O) groups excluding carboxylic acids is 1. The van der Waals surface area contributed by atoms with Crippen molar-refractivity contribution in [3.8, 4) is 0 Å². The van der Waals surface area contributed by atoms with Crippen LogP contribution in [0.3, 0.4) is 0 Å². The molecule has 1 aromatic carbocycles. The number of ether oxygens (including phenoxy) is 1. The van der Waals surface area contributed by atoms with Crippen LogP contribution in [0.1, 0.15) is 19.4 Å². The molecule has 0 aliphatic heterocycles. The van der Waals surface area contributed by atoms with Crippen molar-refractivity contribution in [3.05, 3.63) is 29.8 Å². The summed E-state index contributed by atoms with van der Waals surface area (Å²) in [4.78, 5) is 11.3. The molecule has 0 heterocycles. The maximum Gasteiger partial charge on any atom is 0.422 e. The Hall–Kier alpha value is -1.80. The van der Waals surface area contributed by atoms with Gasteiger partial charge in [0.1, 0.15) is 0 Å². The molecule has 0 aromatic heterocycles. The highest BCUT2D eigenvalue weighted by Gasteiger charge is 2.22. The summed E-state index contributed by atoms with van der Waals surface area (Å²) in [5.74, 6) is 0. The largest absolute Gasteiger partial charge is 0.446 e. The van der Waals surface area contributed by atoms with Crippen molar-refractivity contribution in [2.45, 2.75) is 26.5 Å². The molecule has 1 aromatic rings. The van der Waals surface area contributed by atoms with E-state index in [-0.39, 0.29) is 6.54 Å². The lowest BCUT2D eigenvalue weighted by Gasteiger charge is -2.18. The first-order valence-corrected chi connectivity index (χ1v) is 7.44. The zero-order valence-electron chi connectivity index (χ0n) is 11.7. The Labute approximate surface area is 118 Å². The van der Waals surface area contributed by atoms with Crippen LogP contribution in [-0.2, 0) is 21.5 Å². The molecule has 0 saturated carbocycles. The average Bonchev–Trinajstić information content (AvgIpc) is 2.26. The second-order valence-electron chi connectivity index (χ2n) is 4.56. The summed E-state index contributed by atoms with van der Waals surface area (Å²) < 4.78 is 31.3. The van der Waals surface area contributed by atoms with E-state index in [1.54, 1.807) is 38.1 Å². The highest BCUT2D eigenvalue weighted by atomic mass is 32.2. The Morgan fingerprint density at radius 2 is 2.10 bits per heavy atom. The monoisotopic (exact) mass is 301 g/mol. The number of hydrogen-bond acceptors (Lipinski definition) is 5. The number of anilines is 1. The van der Waals surface area contributed by atoms with Crippen molar-refractivity contribution in [1.29, 1.82) is 0 Å². The van der Waals surface area contributed by atoms with Gasteiger partial charge in [-0.05, 0) is 31.5 Å². The lowest BCUT2D eigenvalue weighted by Crippen LogP contribution is -2.42. The number of nitrogens with zero attached hydrogens (tertiary/aromatic N) is 1. The number of hydrogen-bond donors (Lipinski definition) is 2. The minimum absolute atomic E-state index is 0.0926. The fraction of sp³-hybridized carbons (Fsp3) is 0.417. The molecule has 112 valence electrons. The average molecular weight is 301 g/mol. The molecule has 0 fully saturated rings. The predicted molar refractivity (Wildman–Crippen MR) is 76.0 cm³/mol. The third kappa shape index (κ3) is 5.06. The van der Waals surface area contributed by atoms with Gasteiger partial charge in [0.25, 0.3) is 0 Å². The van der Waals surface area contributed by atoms with Crippen LogP contribution in [0.4, 0.5) is 10.5 Å². The third-order valence-electron chi connectivity index (χ3n) is 2.32. The molecule has 7 nitrogen and oxygen atoms in total. The Morgan fingerprint density at radius 3 is 2.65 bits per heavy atom. The lowest BCUT2D eigenvalue weighted by molar-refractivity contribution is 0.121. The topological polar surface area (TPSA) is 102 Å². The fourth-order valence-corrected chi connectivity index (χ4v) is 2.19. The van der Waals surface area contributed by atoms with Gasteiger partial charge in [0.15, 0.2) is 0 Å². The first kappa shape index (κ1) is 16.3. The summed E-state index contributed by atoms with van der Waals surface area (Å²) in [5.41, 5.74) is 6.88. The van der Waals surface area contributed by atoms with Gasteiger partial charge in [-0.15, -0.1) is 0 Å². The zero-order chi connectivity index (χ0) is 15.3. The number of nitrogen functional groups attached to an aromatic ring is 1. The van der Waals surface area contributed by atoms with Gasteiger partial charge in [-0.3, -0.25) is 0 Å². The van der Waals surface area contributed by atoms with Gasteiger partial charge in [-0.2, -0.15) is 12.7 Å². The number of rotatable bonds is 5. The Bertz CT molecular complexity index is 572. The minimum Gasteiger partial charge on any atom is -0.446 e. The molecule has 8 heteroatoms. The van der Waals surface area contributed by atoms with E-state index in [1.807, 2.05) is 4.72 Å². The van der Waals surface area contributed by atoms with Gasteiger partial charge < -0.3 is 10.5 Å². The van der Waals surface area contributed by atoms with Gasteiger partial charge in [0.2, 0.25) is 0 Å². The van der Waals surface area contributed by atoms with Crippen LogP contribution in [0.5, 0.6) is 0 Å². The van der Waals surface area contributed by atoms with Gasteiger partial charge in [0, 0.05) is 19.3 Å². The van der Waals surface area contributed by atoms with Crippen LogP contribution in [0, 0.1) is 0 Å². The molecular weight excluding hydrogens is 282 g/mol. The van der Waals surface area contributed by atoms with Gasteiger partial charge in [-0.25, -0.2) is 9.52 Å². The second kappa shape index (κ2) is 6.58. The summed E-state index contributed by atoms with van der Waals surface area (Å²) in [6.45, 7) is 3.35. The van der Waals surface area contributed by atoms with Crippen molar-refractivity contribution < 1.29 is 17.9 Å². The van der Waals surface area contributed by atoms with Crippen molar-refractivity contribution in [2.75, 3.05) is 12.8 Å². The summed E-state index contributed by atoms with van der Waals surface area (Å²) in [7, 11) is -2.59. The van der Waals surface area contributed by atoms with Gasteiger partial charge in [0.05, 0.1) is 6.10 Å². The highest BCUT2D eigenvalue weighted by molar-refractivity contribution is 7.87.